The zero-order chi connectivity index (χ0) is 13.6. The first-order chi connectivity index (χ1) is 9.03. The largest absolute Gasteiger partial charge is 0.385 e. The van der Waals surface area contributed by atoms with Crippen molar-refractivity contribution in [3.8, 4) is 6.07 Å². The Hall–Kier alpha value is -1.18. The summed E-state index contributed by atoms with van der Waals surface area (Å²) >= 11 is 0. The van der Waals surface area contributed by atoms with E-state index in [2.05, 4.69) is 6.07 Å². The van der Waals surface area contributed by atoms with Crippen LogP contribution < -0.4 is 0 Å². The number of rotatable bonds is 1. The molecule has 1 N–H and O–H groups in total. The van der Waals surface area contributed by atoms with Gasteiger partial charge in [-0.05, 0) is 49.8 Å². The Morgan fingerprint density at radius 1 is 1.37 bits per heavy atom. The highest BCUT2D eigenvalue weighted by atomic mass is 32.2. The molecular weight excluding hydrogens is 258 g/mol. The Bertz CT molecular complexity index is 574. The summed E-state index contributed by atoms with van der Waals surface area (Å²) < 4.78 is 12.0. The molecule has 2 unspecified atom stereocenters. The maximum absolute atomic E-state index is 12.0. The standard InChI is InChI=1S/C15H17NO2S/c1-10-2-3-12(6-11(10)9-16)15(17)7-13-4-5-14(8-15)19(13)18/h2-3,6,13-14,17H,4-5,7-8H2,1H3. The van der Waals surface area contributed by atoms with E-state index in [1.165, 1.54) is 0 Å². The van der Waals surface area contributed by atoms with Crippen LogP contribution in [0.15, 0.2) is 18.2 Å². The van der Waals surface area contributed by atoms with E-state index in [4.69, 9.17) is 5.26 Å². The molecule has 0 aliphatic carbocycles. The normalized spacial score (nSPS) is 37.0. The van der Waals surface area contributed by atoms with Crippen LogP contribution in [0.5, 0.6) is 0 Å². The molecule has 0 aromatic heterocycles. The van der Waals surface area contributed by atoms with Gasteiger partial charge in [0.1, 0.15) is 0 Å². The predicted octanol–water partition coefficient (Wildman–Crippen LogP) is 2.13. The van der Waals surface area contributed by atoms with Crippen LogP contribution in [-0.2, 0) is 16.4 Å². The number of benzene rings is 1. The lowest BCUT2D eigenvalue weighted by Gasteiger charge is -2.36. The Kier molecular flexibility index (Phi) is 2.99. The van der Waals surface area contributed by atoms with Gasteiger partial charge >= 0.3 is 0 Å². The summed E-state index contributed by atoms with van der Waals surface area (Å²) in [7, 11) is -0.776. The van der Waals surface area contributed by atoms with Crippen molar-refractivity contribution in [1.82, 2.24) is 0 Å². The Morgan fingerprint density at radius 3 is 2.58 bits per heavy atom. The predicted molar refractivity (Wildman–Crippen MR) is 74.0 cm³/mol. The second kappa shape index (κ2) is 4.43. The van der Waals surface area contributed by atoms with Gasteiger partial charge in [-0.1, -0.05) is 12.1 Å². The van der Waals surface area contributed by atoms with Crippen LogP contribution in [0.3, 0.4) is 0 Å². The third-order valence-corrected chi connectivity index (χ3v) is 6.61. The summed E-state index contributed by atoms with van der Waals surface area (Å²) in [5.74, 6) is 0. The number of nitriles is 1. The molecule has 1 aromatic carbocycles. The summed E-state index contributed by atoms with van der Waals surface area (Å²) in [5, 5.41) is 20.3. The molecule has 19 heavy (non-hydrogen) atoms. The summed E-state index contributed by atoms with van der Waals surface area (Å²) in [5.41, 5.74) is 1.45. The van der Waals surface area contributed by atoms with Gasteiger partial charge in [0.15, 0.2) is 0 Å². The fourth-order valence-corrected chi connectivity index (χ4v) is 5.51. The molecule has 1 aromatic rings. The van der Waals surface area contributed by atoms with Crippen molar-refractivity contribution in [2.45, 2.75) is 48.7 Å². The first-order valence-electron chi connectivity index (χ1n) is 6.66. The molecule has 2 bridgehead atoms. The molecule has 2 heterocycles. The number of nitrogens with zero attached hydrogens (tertiary/aromatic N) is 1. The van der Waals surface area contributed by atoms with Crippen LogP contribution in [-0.4, -0.2) is 19.8 Å². The van der Waals surface area contributed by atoms with Crippen molar-refractivity contribution in [2.24, 2.45) is 0 Å². The fraction of sp³-hybridized carbons (Fsp3) is 0.533. The zero-order valence-electron chi connectivity index (χ0n) is 10.9. The van der Waals surface area contributed by atoms with Crippen molar-refractivity contribution >= 4 is 10.8 Å². The summed E-state index contributed by atoms with van der Waals surface area (Å²) in [6.45, 7) is 1.89. The van der Waals surface area contributed by atoms with E-state index in [-0.39, 0.29) is 10.5 Å². The molecule has 2 atom stereocenters. The van der Waals surface area contributed by atoms with E-state index in [1.54, 1.807) is 6.07 Å². The quantitative estimate of drug-likeness (QED) is 0.854. The number of hydrogen-bond acceptors (Lipinski definition) is 3. The monoisotopic (exact) mass is 275 g/mol. The van der Waals surface area contributed by atoms with Crippen LogP contribution in [0.2, 0.25) is 0 Å². The van der Waals surface area contributed by atoms with E-state index in [0.29, 0.717) is 18.4 Å². The van der Waals surface area contributed by atoms with Crippen molar-refractivity contribution in [1.29, 1.82) is 5.26 Å². The fourth-order valence-electron chi connectivity index (χ4n) is 3.35. The van der Waals surface area contributed by atoms with Gasteiger partial charge in [0.25, 0.3) is 0 Å². The van der Waals surface area contributed by atoms with Gasteiger partial charge in [0, 0.05) is 21.3 Å². The third-order valence-electron chi connectivity index (χ3n) is 4.49. The molecule has 0 radical (unpaired) electrons. The summed E-state index contributed by atoms with van der Waals surface area (Å²) in [6, 6.07) is 7.76. The molecule has 2 aliphatic heterocycles. The van der Waals surface area contributed by atoms with E-state index < -0.39 is 16.4 Å². The Labute approximate surface area is 115 Å². The second-order valence-electron chi connectivity index (χ2n) is 5.73. The van der Waals surface area contributed by atoms with E-state index in [9.17, 15) is 9.32 Å². The molecule has 3 nitrogen and oxygen atoms in total. The molecule has 2 saturated heterocycles. The van der Waals surface area contributed by atoms with Crippen LogP contribution in [0, 0.1) is 18.3 Å². The molecule has 100 valence electrons. The van der Waals surface area contributed by atoms with Crippen LogP contribution in [0.25, 0.3) is 0 Å². The highest BCUT2D eigenvalue weighted by Gasteiger charge is 2.48. The highest BCUT2D eigenvalue weighted by molar-refractivity contribution is 7.86. The first kappa shape index (κ1) is 12.8. The van der Waals surface area contributed by atoms with Gasteiger partial charge in [0.05, 0.1) is 17.2 Å². The highest BCUT2D eigenvalue weighted by Crippen LogP contribution is 2.45. The maximum Gasteiger partial charge on any atom is 0.0994 e. The van der Waals surface area contributed by atoms with Crippen LogP contribution in [0.1, 0.15) is 42.4 Å². The molecule has 0 spiro atoms. The van der Waals surface area contributed by atoms with Crippen LogP contribution >= 0.6 is 0 Å². The molecule has 0 saturated carbocycles. The zero-order valence-corrected chi connectivity index (χ0v) is 11.7. The lowest BCUT2D eigenvalue weighted by atomic mass is 9.84. The third kappa shape index (κ3) is 2.01. The van der Waals surface area contributed by atoms with Gasteiger partial charge in [-0.15, -0.1) is 0 Å². The smallest absolute Gasteiger partial charge is 0.0994 e. The number of fused-ring (bicyclic) bond motifs is 2. The topological polar surface area (TPSA) is 61.1 Å². The Morgan fingerprint density at radius 2 is 2.00 bits per heavy atom. The molecule has 2 aliphatic rings. The molecule has 0 amide bonds. The van der Waals surface area contributed by atoms with Gasteiger partial charge in [0.2, 0.25) is 0 Å². The average Bonchev–Trinajstić information content (AvgIpc) is 2.63. The number of aryl methyl sites for hydroxylation is 1. The molecule has 3 rings (SSSR count). The Balaban J connectivity index is 1.98. The van der Waals surface area contributed by atoms with Gasteiger partial charge in [-0.25, -0.2) is 0 Å². The summed E-state index contributed by atoms with van der Waals surface area (Å²) in [6.07, 6.45) is 3.03. The van der Waals surface area contributed by atoms with Crippen molar-refractivity contribution in [3.63, 3.8) is 0 Å². The lowest BCUT2D eigenvalue weighted by molar-refractivity contribution is 0.0184. The van der Waals surface area contributed by atoms with E-state index >= 15 is 0 Å². The molecular formula is C15H17NO2S. The minimum atomic E-state index is -0.904. The number of aliphatic hydroxyl groups is 1. The second-order valence-corrected chi connectivity index (χ2v) is 7.72. The number of hydrogen-bond donors (Lipinski definition) is 1. The average molecular weight is 275 g/mol. The van der Waals surface area contributed by atoms with Crippen molar-refractivity contribution < 1.29 is 9.32 Å². The molecule has 2 fully saturated rings. The first-order valence-corrected chi connectivity index (χ1v) is 7.94. The minimum absolute atomic E-state index is 0.121. The van der Waals surface area contributed by atoms with Gasteiger partial charge < -0.3 is 5.11 Å². The van der Waals surface area contributed by atoms with Crippen molar-refractivity contribution in [2.75, 3.05) is 0 Å². The summed E-state index contributed by atoms with van der Waals surface area (Å²) in [4.78, 5) is 0. The van der Waals surface area contributed by atoms with E-state index in [0.717, 1.165) is 24.0 Å². The maximum atomic E-state index is 12.0. The van der Waals surface area contributed by atoms with Crippen molar-refractivity contribution in [3.05, 3.63) is 34.9 Å². The van der Waals surface area contributed by atoms with E-state index in [1.807, 2.05) is 19.1 Å². The molecule has 4 heteroatoms. The van der Waals surface area contributed by atoms with Gasteiger partial charge in [-0.3, -0.25) is 4.21 Å². The lowest BCUT2D eigenvalue weighted by Crippen LogP contribution is -2.40. The van der Waals surface area contributed by atoms with Gasteiger partial charge in [-0.2, -0.15) is 5.26 Å². The minimum Gasteiger partial charge on any atom is -0.385 e. The van der Waals surface area contributed by atoms with Crippen LogP contribution in [0.4, 0.5) is 0 Å². The SMILES string of the molecule is Cc1ccc(C2(O)CC3CCC(C2)S3=O)cc1C#N.